The van der Waals surface area contributed by atoms with Gasteiger partial charge in [-0.3, -0.25) is 0 Å². The minimum atomic E-state index is -0.393. The molecular formula is C13H11BrN2OS. The zero-order valence-electron chi connectivity index (χ0n) is 9.68. The van der Waals surface area contributed by atoms with Gasteiger partial charge in [0, 0.05) is 4.47 Å². The highest BCUT2D eigenvalue weighted by atomic mass is 79.9. The first kappa shape index (κ1) is 12.9. The molecule has 0 saturated heterocycles. The molecule has 2 aromatic rings. The van der Waals surface area contributed by atoms with Gasteiger partial charge in [0.1, 0.15) is 5.75 Å². The van der Waals surface area contributed by atoms with Crippen molar-refractivity contribution < 1.29 is 4.74 Å². The molecule has 1 aromatic carbocycles. The summed E-state index contributed by atoms with van der Waals surface area (Å²) in [6.45, 7) is 0. The van der Waals surface area contributed by atoms with E-state index in [1.165, 1.54) is 0 Å². The highest BCUT2D eigenvalue weighted by Gasteiger charge is 2.16. The smallest absolute Gasteiger partial charge is 0.150 e. The Bertz CT molecular complexity index is 576. The average Bonchev–Trinajstić information content (AvgIpc) is 2.82. The summed E-state index contributed by atoms with van der Waals surface area (Å²) in [5, 5.41) is 14.4. The van der Waals surface area contributed by atoms with Crippen molar-refractivity contribution in [2.45, 2.75) is 6.04 Å². The molecule has 0 radical (unpaired) electrons. The maximum atomic E-state index is 9.28. The molecule has 0 aliphatic carbocycles. The van der Waals surface area contributed by atoms with E-state index in [-0.39, 0.29) is 0 Å². The highest BCUT2D eigenvalue weighted by molar-refractivity contribution is 9.10. The van der Waals surface area contributed by atoms with Crippen molar-refractivity contribution in [3.05, 3.63) is 45.1 Å². The fourth-order valence-corrected chi connectivity index (χ4v) is 3.18. The van der Waals surface area contributed by atoms with Crippen LogP contribution in [0.25, 0.3) is 0 Å². The Hall–Kier alpha value is -1.51. The number of para-hydroxylation sites is 2. The van der Waals surface area contributed by atoms with Crippen LogP contribution in [0.15, 0.2) is 40.2 Å². The van der Waals surface area contributed by atoms with Gasteiger partial charge in [0.05, 0.1) is 23.7 Å². The van der Waals surface area contributed by atoms with Crippen molar-refractivity contribution in [1.29, 1.82) is 5.26 Å². The lowest BCUT2D eigenvalue weighted by atomic mass is 10.2. The molecule has 1 atom stereocenters. The summed E-state index contributed by atoms with van der Waals surface area (Å²) >= 11 is 4.99. The quantitative estimate of drug-likeness (QED) is 0.917. The van der Waals surface area contributed by atoms with Crippen molar-refractivity contribution in [3.8, 4) is 11.8 Å². The molecule has 0 fully saturated rings. The Labute approximate surface area is 118 Å². The molecule has 1 unspecified atom stereocenters. The molecule has 92 valence electrons. The van der Waals surface area contributed by atoms with E-state index in [4.69, 9.17) is 4.74 Å². The number of nitrogens with one attached hydrogen (secondary N) is 1. The largest absolute Gasteiger partial charge is 0.495 e. The lowest BCUT2D eigenvalue weighted by Gasteiger charge is -2.14. The Morgan fingerprint density at radius 3 is 2.78 bits per heavy atom. The van der Waals surface area contributed by atoms with Gasteiger partial charge in [-0.25, -0.2) is 0 Å². The Kier molecular flexibility index (Phi) is 4.24. The van der Waals surface area contributed by atoms with E-state index < -0.39 is 6.04 Å². The Morgan fingerprint density at radius 1 is 1.39 bits per heavy atom. The zero-order valence-corrected chi connectivity index (χ0v) is 12.1. The van der Waals surface area contributed by atoms with Gasteiger partial charge in [-0.2, -0.15) is 5.26 Å². The van der Waals surface area contributed by atoms with Gasteiger partial charge in [0.15, 0.2) is 6.04 Å². The van der Waals surface area contributed by atoms with Gasteiger partial charge >= 0.3 is 0 Å². The fourth-order valence-electron chi connectivity index (χ4n) is 1.59. The number of benzene rings is 1. The van der Waals surface area contributed by atoms with Crippen molar-refractivity contribution in [2.75, 3.05) is 12.4 Å². The van der Waals surface area contributed by atoms with Crippen LogP contribution in [-0.4, -0.2) is 7.11 Å². The number of rotatable bonds is 4. The van der Waals surface area contributed by atoms with E-state index in [1.807, 2.05) is 35.7 Å². The molecule has 1 heterocycles. The monoisotopic (exact) mass is 322 g/mol. The molecule has 1 aromatic heterocycles. The number of thiophene rings is 1. The van der Waals surface area contributed by atoms with Crippen LogP contribution >= 0.6 is 27.3 Å². The van der Waals surface area contributed by atoms with E-state index >= 15 is 0 Å². The first-order valence-corrected chi connectivity index (χ1v) is 6.95. The summed E-state index contributed by atoms with van der Waals surface area (Å²) in [4.78, 5) is 0.961. The number of halogens is 1. The number of nitrogens with zero attached hydrogens (tertiary/aromatic N) is 1. The van der Waals surface area contributed by atoms with Crippen LogP contribution in [0.4, 0.5) is 5.69 Å². The maximum Gasteiger partial charge on any atom is 0.150 e. The number of hydrogen-bond donors (Lipinski definition) is 1. The first-order chi connectivity index (χ1) is 8.76. The molecule has 0 aliphatic rings. The van der Waals surface area contributed by atoms with Gasteiger partial charge in [-0.15, -0.1) is 11.3 Å². The molecule has 5 heteroatoms. The molecule has 0 saturated carbocycles. The minimum Gasteiger partial charge on any atom is -0.495 e. The van der Waals surface area contributed by atoms with Crippen molar-refractivity contribution >= 4 is 33.0 Å². The molecule has 0 aliphatic heterocycles. The predicted molar refractivity (Wildman–Crippen MR) is 77.0 cm³/mol. The van der Waals surface area contributed by atoms with Gasteiger partial charge in [-0.1, -0.05) is 12.1 Å². The number of ether oxygens (including phenoxy) is 1. The third-order valence-electron chi connectivity index (χ3n) is 2.44. The normalized spacial score (nSPS) is 11.6. The van der Waals surface area contributed by atoms with Gasteiger partial charge in [0.2, 0.25) is 0 Å². The van der Waals surface area contributed by atoms with E-state index in [1.54, 1.807) is 18.4 Å². The molecule has 3 nitrogen and oxygen atoms in total. The molecule has 0 bridgehead atoms. The van der Waals surface area contributed by atoms with Crippen molar-refractivity contribution in [3.63, 3.8) is 0 Å². The lowest BCUT2D eigenvalue weighted by Crippen LogP contribution is -2.08. The molecule has 0 amide bonds. The number of methoxy groups -OCH3 is 1. The highest BCUT2D eigenvalue weighted by Crippen LogP contribution is 2.33. The van der Waals surface area contributed by atoms with Gasteiger partial charge < -0.3 is 10.1 Å². The summed E-state index contributed by atoms with van der Waals surface area (Å²) in [6.07, 6.45) is 0. The summed E-state index contributed by atoms with van der Waals surface area (Å²) < 4.78 is 6.20. The van der Waals surface area contributed by atoms with Gasteiger partial charge in [0.25, 0.3) is 0 Å². The molecular weight excluding hydrogens is 312 g/mol. The SMILES string of the molecule is COc1ccccc1NC(C#N)c1sccc1Br. The Balaban J connectivity index is 2.27. The van der Waals surface area contributed by atoms with Crippen LogP contribution in [0.3, 0.4) is 0 Å². The van der Waals surface area contributed by atoms with E-state index in [9.17, 15) is 5.26 Å². The lowest BCUT2D eigenvalue weighted by molar-refractivity contribution is 0.416. The van der Waals surface area contributed by atoms with Crippen molar-refractivity contribution in [2.24, 2.45) is 0 Å². The van der Waals surface area contributed by atoms with E-state index in [0.29, 0.717) is 0 Å². The third kappa shape index (κ3) is 2.66. The summed E-state index contributed by atoms with van der Waals surface area (Å²) in [6, 6.07) is 11.4. The number of anilines is 1. The van der Waals surface area contributed by atoms with E-state index in [2.05, 4.69) is 27.3 Å². The first-order valence-electron chi connectivity index (χ1n) is 5.28. The maximum absolute atomic E-state index is 9.28. The number of nitriles is 1. The van der Waals surface area contributed by atoms with Crippen LogP contribution in [0.2, 0.25) is 0 Å². The van der Waals surface area contributed by atoms with Crippen LogP contribution < -0.4 is 10.1 Å². The number of hydrogen-bond acceptors (Lipinski definition) is 4. The summed E-state index contributed by atoms with van der Waals surface area (Å²) in [5.74, 6) is 0.727. The molecule has 1 N–H and O–H groups in total. The summed E-state index contributed by atoms with van der Waals surface area (Å²) in [7, 11) is 1.61. The van der Waals surface area contributed by atoms with E-state index in [0.717, 1.165) is 20.8 Å². The minimum absolute atomic E-state index is 0.393. The second-order valence-electron chi connectivity index (χ2n) is 3.54. The van der Waals surface area contributed by atoms with Crippen LogP contribution in [0.5, 0.6) is 5.75 Å². The second-order valence-corrected chi connectivity index (χ2v) is 5.34. The van der Waals surface area contributed by atoms with Gasteiger partial charge in [-0.05, 0) is 39.5 Å². The average molecular weight is 323 g/mol. The molecule has 0 spiro atoms. The third-order valence-corrected chi connectivity index (χ3v) is 4.38. The van der Waals surface area contributed by atoms with Crippen LogP contribution in [0.1, 0.15) is 10.9 Å². The summed E-state index contributed by atoms with van der Waals surface area (Å²) in [5.41, 5.74) is 0.812. The second kappa shape index (κ2) is 5.89. The molecule has 2 rings (SSSR count). The molecule has 18 heavy (non-hydrogen) atoms. The zero-order chi connectivity index (χ0) is 13.0. The Morgan fingerprint density at radius 2 is 2.17 bits per heavy atom. The topological polar surface area (TPSA) is 45.0 Å². The predicted octanol–water partition coefficient (Wildman–Crippen LogP) is 4.20. The standard InChI is InChI=1S/C13H11BrN2OS/c1-17-12-5-3-2-4-10(12)16-11(8-15)13-9(14)6-7-18-13/h2-7,11,16H,1H3. The fraction of sp³-hybridized carbons (Fsp3) is 0.154. The van der Waals surface area contributed by atoms with Crippen LogP contribution in [0, 0.1) is 11.3 Å². The van der Waals surface area contributed by atoms with Crippen LogP contribution in [-0.2, 0) is 0 Å². The van der Waals surface area contributed by atoms with Crippen molar-refractivity contribution in [1.82, 2.24) is 0 Å².